The molecule has 0 aromatic heterocycles. The number of anilines is 1. The van der Waals surface area contributed by atoms with E-state index in [1.807, 2.05) is 42.5 Å². The lowest BCUT2D eigenvalue weighted by Gasteiger charge is -2.18. The molecule has 24 heavy (non-hydrogen) atoms. The summed E-state index contributed by atoms with van der Waals surface area (Å²) in [7, 11) is 1.26. The molecule has 2 amide bonds. The number of hydrogen-bond donors (Lipinski definition) is 2. The van der Waals surface area contributed by atoms with E-state index in [4.69, 9.17) is 0 Å². The maximum Gasteiger partial charge on any atom is 0.407 e. The van der Waals surface area contributed by atoms with Crippen molar-refractivity contribution in [3.8, 4) is 0 Å². The summed E-state index contributed by atoms with van der Waals surface area (Å²) in [5.41, 5.74) is 1.54. The molecular formula is C17H16Br2N2O3. The van der Waals surface area contributed by atoms with Gasteiger partial charge in [-0.3, -0.25) is 4.79 Å². The number of carbonyl (C=O) groups excluding carboxylic acids is 2. The highest BCUT2D eigenvalue weighted by Gasteiger charge is 2.22. The summed E-state index contributed by atoms with van der Waals surface area (Å²) in [4.78, 5) is 24.2. The minimum Gasteiger partial charge on any atom is -0.453 e. The molecule has 0 saturated heterocycles. The van der Waals surface area contributed by atoms with Crippen LogP contribution in [-0.2, 0) is 16.0 Å². The van der Waals surface area contributed by atoms with E-state index >= 15 is 0 Å². The van der Waals surface area contributed by atoms with Gasteiger partial charge in [0.25, 0.3) is 0 Å². The fraction of sp³-hybridized carbons (Fsp3) is 0.176. The standard InChI is InChI=1S/C17H16Br2N2O3/c1-24-17(23)21-15(9-11-5-3-2-4-6-11)16(22)20-14-10-12(18)7-8-13(14)19/h2-8,10,15H,9H2,1H3,(H,20,22)(H,21,23). The van der Waals surface area contributed by atoms with Crippen LogP contribution in [0, 0.1) is 0 Å². The number of benzene rings is 2. The Hall–Kier alpha value is -1.86. The van der Waals surface area contributed by atoms with E-state index < -0.39 is 12.1 Å². The third kappa shape index (κ3) is 5.35. The van der Waals surface area contributed by atoms with Crippen LogP contribution in [0.4, 0.5) is 10.5 Å². The molecule has 1 unspecified atom stereocenters. The summed E-state index contributed by atoms with van der Waals surface area (Å²) in [6.07, 6.45) is -0.299. The Morgan fingerprint density at radius 3 is 2.50 bits per heavy atom. The van der Waals surface area contributed by atoms with E-state index in [-0.39, 0.29) is 5.91 Å². The summed E-state index contributed by atoms with van der Waals surface area (Å²) < 4.78 is 6.20. The Bertz CT molecular complexity index is 723. The molecule has 0 aliphatic carbocycles. The molecule has 0 aliphatic heterocycles. The van der Waals surface area contributed by atoms with Gasteiger partial charge in [-0.2, -0.15) is 0 Å². The molecule has 0 bridgehead atoms. The first-order valence-electron chi connectivity index (χ1n) is 7.14. The molecule has 0 heterocycles. The first-order valence-corrected chi connectivity index (χ1v) is 8.72. The van der Waals surface area contributed by atoms with Gasteiger partial charge in [0, 0.05) is 15.4 Å². The zero-order valence-corrected chi connectivity index (χ0v) is 16.1. The van der Waals surface area contributed by atoms with Crippen molar-refractivity contribution in [2.75, 3.05) is 12.4 Å². The number of hydrogen-bond acceptors (Lipinski definition) is 3. The molecule has 2 N–H and O–H groups in total. The predicted octanol–water partition coefficient (Wildman–Crippen LogP) is 4.12. The molecule has 2 aromatic rings. The Morgan fingerprint density at radius 1 is 1.12 bits per heavy atom. The highest BCUT2D eigenvalue weighted by atomic mass is 79.9. The van der Waals surface area contributed by atoms with E-state index in [0.717, 1.165) is 14.5 Å². The molecule has 2 aromatic carbocycles. The molecule has 1 atom stereocenters. The third-order valence-electron chi connectivity index (χ3n) is 3.26. The van der Waals surface area contributed by atoms with Crippen LogP contribution in [0.15, 0.2) is 57.5 Å². The zero-order valence-electron chi connectivity index (χ0n) is 12.9. The number of rotatable bonds is 5. The minimum absolute atomic E-state index is 0.331. The molecule has 126 valence electrons. The molecule has 2 rings (SSSR count). The van der Waals surface area contributed by atoms with Gasteiger partial charge in [0.05, 0.1) is 12.8 Å². The van der Waals surface area contributed by atoms with Crippen LogP contribution in [0.3, 0.4) is 0 Å². The number of nitrogens with one attached hydrogen (secondary N) is 2. The Kier molecular flexibility index (Phi) is 6.81. The number of ether oxygens (including phenoxy) is 1. The fourth-order valence-electron chi connectivity index (χ4n) is 2.07. The molecule has 0 radical (unpaired) electrons. The summed E-state index contributed by atoms with van der Waals surface area (Å²) in [5, 5.41) is 5.38. The predicted molar refractivity (Wildman–Crippen MR) is 99.9 cm³/mol. The summed E-state index contributed by atoms with van der Waals surface area (Å²) in [6.45, 7) is 0. The van der Waals surface area contributed by atoms with Crippen molar-refractivity contribution in [3.63, 3.8) is 0 Å². The first kappa shape index (κ1) is 18.5. The Balaban J connectivity index is 2.17. The smallest absolute Gasteiger partial charge is 0.407 e. The second-order valence-corrected chi connectivity index (χ2v) is 6.76. The van der Waals surface area contributed by atoms with Crippen molar-refractivity contribution < 1.29 is 14.3 Å². The van der Waals surface area contributed by atoms with Gasteiger partial charge in [-0.25, -0.2) is 4.79 Å². The topological polar surface area (TPSA) is 67.4 Å². The Labute approximate surface area is 157 Å². The number of halogens is 2. The second kappa shape index (κ2) is 8.84. The number of methoxy groups -OCH3 is 1. The lowest BCUT2D eigenvalue weighted by atomic mass is 10.1. The van der Waals surface area contributed by atoms with E-state index in [2.05, 4.69) is 47.2 Å². The highest BCUT2D eigenvalue weighted by molar-refractivity contribution is 9.11. The molecular weight excluding hydrogens is 440 g/mol. The van der Waals surface area contributed by atoms with Gasteiger partial charge in [-0.15, -0.1) is 0 Å². The lowest BCUT2D eigenvalue weighted by molar-refractivity contribution is -0.118. The van der Waals surface area contributed by atoms with Crippen molar-refractivity contribution in [1.82, 2.24) is 5.32 Å². The van der Waals surface area contributed by atoms with Gasteiger partial charge in [-0.05, 0) is 39.7 Å². The van der Waals surface area contributed by atoms with Gasteiger partial charge >= 0.3 is 6.09 Å². The maximum atomic E-state index is 12.6. The van der Waals surface area contributed by atoms with Gasteiger partial charge in [-0.1, -0.05) is 46.3 Å². The van der Waals surface area contributed by atoms with Crippen molar-refractivity contribution in [3.05, 3.63) is 63.0 Å². The molecule has 0 aliphatic rings. The first-order chi connectivity index (χ1) is 11.5. The fourth-order valence-corrected chi connectivity index (χ4v) is 2.78. The van der Waals surface area contributed by atoms with Gasteiger partial charge in [0.15, 0.2) is 0 Å². The monoisotopic (exact) mass is 454 g/mol. The maximum absolute atomic E-state index is 12.6. The lowest BCUT2D eigenvalue weighted by Crippen LogP contribution is -2.45. The minimum atomic E-state index is -0.759. The number of amides is 2. The quantitative estimate of drug-likeness (QED) is 0.712. The molecule has 0 saturated carbocycles. The molecule has 7 heteroatoms. The number of carbonyl (C=O) groups is 2. The summed E-state index contributed by atoms with van der Waals surface area (Å²) in [5.74, 6) is -0.331. The van der Waals surface area contributed by atoms with Crippen LogP contribution in [-0.4, -0.2) is 25.2 Å². The molecule has 0 fully saturated rings. The van der Waals surface area contributed by atoms with Crippen LogP contribution in [0.25, 0.3) is 0 Å². The van der Waals surface area contributed by atoms with Crippen LogP contribution in [0.1, 0.15) is 5.56 Å². The van der Waals surface area contributed by atoms with Crippen LogP contribution >= 0.6 is 31.9 Å². The number of alkyl carbamates (subject to hydrolysis) is 1. The van der Waals surface area contributed by atoms with Crippen LogP contribution < -0.4 is 10.6 Å². The average molecular weight is 456 g/mol. The molecule has 0 spiro atoms. The largest absolute Gasteiger partial charge is 0.453 e. The molecule has 5 nitrogen and oxygen atoms in total. The van der Waals surface area contributed by atoms with Crippen molar-refractivity contribution in [2.24, 2.45) is 0 Å². The normalized spacial score (nSPS) is 11.5. The van der Waals surface area contributed by atoms with Crippen LogP contribution in [0.5, 0.6) is 0 Å². The van der Waals surface area contributed by atoms with Crippen LogP contribution in [0.2, 0.25) is 0 Å². The van der Waals surface area contributed by atoms with E-state index in [1.54, 1.807) is 6.07 Å². The van der Waals surface area contributed by atoms with Crippen molar-refractivity contribution >= 4 is 49.5 Å². The SMILES string of the molecule is COC(=O)NC(Cc1ccccc1)C(=O)Nc1cc(Br)ccc1Br. The van der Waals surface area contributed by atoms with Crippen molar-refractivity contribution in [1.29, 1.82) is 0 Å². The third-order valence-corrected chi connectivity index (χ3v) is 4.45. The van der Waals surface area contributed by atoms with Gasteiger partial charge in [0.2, 0.25) is 5.91 Å². The van der Waals surface area contributed by atoms with Crippen molar-refractivity contribution in [2.45, 2.75) is 12.5 Å². The zero-order chi connectivity index (χ0) is 17.5. The van der Waals surface area contributed by atoms with E-state index in [9.17, 15) is 9.59 Å². The van der Waals surface area contributed by atoms with Gasteiger partial charge < -0.3 is 15.4 Å². The Morgan fingerprint density at radius 2 is 1.83 bits per heavy atom. The highest BCUT2D eigenvalue weighted by Crippen LogP contribution is 2.26. The second-order valence-electron chi connectivity index (χ2n) is 4.99. The van der Waals surface area contributed by atoms with E-state index in [1.165, 1.54) is 7.11 Å². The van der Waals surface area contributed by atoms with E-state index in [0.29, 0.717) is 12.1 Å². The average Bonchev–Trinajstić information content (AvgIpc) is 2.58. The summed E-state index contributed by atoms with van der Waals surface area (Å²) in [6, 6.07) is 14.1. The van der Waals surface area contributed by atoms with Gasteiger partial charge in [0.1, 0.15) is 6.04 Å². The summed E-state index contributed by atoms with van der Waals surface area (Å²) >= 11 is 6.76.